The number of nitrogens with one attached hydrogen (secondary N) is 1. The second-order valence-corrected chi connectivity index (χ2v) is 7.81. The molecule has 0 radical (unpaired) electrons. The van der Waals surface area contributed by atoms with Gasteiger partial charge < -0.3 is 24.1 Å². The molecular weight excluding hydrogens is 424 g/mol. The molecule has 1 N–H and O–H groups in total. The van der Waals surface area contributed by atoms with Crippen LogP contribution in [0.2, 0.25) is 0 Å². The third kappa shape index (κ3) is 5.68. The maximum Gasteiger partial charge on any atom is 0.254 e. The number of piperidine rings is 1. The van der Waals surface area contributed by atoms with Crippen molar-refractivity contribution in [2.75, 3.05) is 25.5 Å². The fourth-order valence-corrected chi connectivity index (χ4v) is 3.64. The Bertz CT molecular complexity index is 1090. The molecule has 1 saturated heterocycles. The van der Waals surface area contributed by atoms with Crippen molar-refractivity contribution in [3.8, 4) is 23.0 Å². The summed E-state index contributed by atoms with van der Waals surface area (Å²) >= 11 is 0. The van der Waals surface area contributed by atoms with E-state index in [2.05, 4.69) is 15.5 Å². The minimum atomic E-state index is -0.0889. The third-order valence-corrected chi connectivity index (χ3v) is 5.60. The van der Waals surface area contributed by atoms with Gasteiger partial charge in [0.25, 0.3) is 5.89 Å². The van der Waals surface area contributed by atoms with Gasteiger partial charge in [-0.3, -0.25) is 9.59 Å². The van der Waals surface area contributed by atoms with Crippen LogP contribution in [0.4, 0.5) is 5.69 Å². The Hall–Kier alpha value is -3.88. The van der Waals surface area contributed by atoms with Gasteiger partial charge >= 0.3 is 0 Å². The quantitative estimate of drug-likeness (QED) is 0.587. The Morgan fingerprint density at radius 1 is 1.03 bits per heavy atom. The van der Waals surface area contributed by atoms with Gasteiger partial charge in [0.15, 0.2) is 6.61 Å². The number of nitrogens with zero attached hydrogens (tertiary/aromatic N) is 3. The summed E-state index contributed by atoms with van der Waals surface area (Å²) in [4.78, 5) is 25.7. The molecule has 2 aromatic carbocycles. The van der Waals surface area contributed by atoms with E-state index in [1.54, 1.807) is 43.2 Å². The predicted octanol–water partition coefficient (Wildman–Crippen LogP) is 3.52. The van der Waals surface area contributed by atoms with E-state index in [1.165, 1.54) is 0 Å². The van der Waals surface area contributed by atoms with Gasteiger partial charge in [-0.25, -0.2) is 0 Å². The molecular formula is C24H26N4O5. The van der Waals surface area contributed by atoms with Crippen LogP contribution < -0.4 is 14.8 Å². The van der Waals surface area contributed by atoms with E-state index in [1.807, 2.05) is 24.3 Å². The standard InChI is InChI=1S/C24H26N4O5/c1-16(29)28-13-11-17(12-14-28)23(30)25-19-5-9-21(10-6-19)32-15-22-26-27-24(33-22)18-3-7-20(31-2)8-4-18/h3-10,17H,11-15H2,1-2H3,(H,25,30). The molecule has 3 aromatic rings. The molecule has 9 heteroatoms. The van der Waals surface area contributed by atoms with Crippen LogP contribution in [0.1, 0.15) is 25.7 Å². The molecule has 1 aliphatic rings. The molecule has 0 spiro atoms. The van der Waals surface area contributed by atoms with E-state index < -0.39 is 0 Å². The molecule has 1 fully saturated rings. The minimum absolute atomic E-state index is 0.0243. The third-order valence-electron chi connectivity index (χ3n) is 5.60. The first kappa shape index (κ1) is 22.3. The summed E-state index contributed by atoms with van der Waals surface area (Å²) in [5, 5.41) is 11.0. The Kier molecular flexibility index (Phi) is 6.87. The van der Waals surface area contributed by atoms with Crippen LogP contribution in [-0.4, -0.2) is 47.1 Å². The van der Waals surface area contributed by atoms with Gasteiger partial charge in [-0.05, 0) is 61.4 Å². The molecule has 2 amide bonds. The summed E-state index contributed by atoms with van der Waals surface area (Å²) in [5.41, 5.74) is 1.49. The van der Waals surface area contributed by atoms with Crippen LogP contribution in [0.5, 0.6) is 11.5 Å². The first-order valence-corrected chi connectivity index (χ1v) is 10.8. The van der Waals surface area contributed by atoms with Gasteiger partial charge in [-0.15, -0.1) is 10.2 Å². The SMILES string of the molecule is COc1ccc(-c2nnc(COc3ccc(NC(=O)C4CCN(C(C)=O)CC4)cc3)o2)cc1. The maximum absolute atomic E-state index is 12.5. The Labute approximate surface area is 191 Å². The number of carbonyl (C=O) groups is 2. The number of anilines is 1. The summed E-state index contributed by atoms with van der Waals surface area (Å²) in [7, 11) is 1.61. The summed E-state index contributed by atoms with van der Waals surface area (Å²) in [5.74, 6) is 2.07. The first-order chi connectivity index (χ1) is 16.0. The van der Waals surface area contributed by atoms with Crippen LogP contribution in [0.3, 0.4) is 0 Å². The first-order valence-electron chi connectivity index (χ1n) is 10.8. The highest BCUT2D eigenvalue weighted by molar-refractivity contribution is 5.92. The molecule has 9 nitrogen and oxygen atoms in total. The smallest absolute Gasteiger partial charge is 0.254 e. The Morgan fingerprint density at radius 2 is 1.70 bits per heavy atom. The minimum Gasteiger partial charge on any atom is -0.497 e. The van der Waals surface area contributed by atoms with Crippen LogP contribution in [0.25, 0.3) is 11.5 Å². The van der Waals surface area contributed by atoms with Crippen molar-refractivity contribution in [1.82, 2.24) is 15.1 Å². The molecule has 0 aliphatic carbocycles. The second kappa shape index (κ2) is 10.2. The number of likely N-dealkylation sites (tertiary alicyclic amines) is 1. The zero-order valence-corrected chi connectivity index (χ0v) is 18.6. The highest BCUT2D eigenvalue weighted by Gasteiger charge is 2.26. The van der Waals surface area contributed by atoms with E-state index in [0.29, 0.717) is 49.1 Å². The van der Waals surface area contributed by atoms with Gasteiger partial charge in [-0.1, -0.05) is 0 Å². The van der Waals surface area contributed by atoms with E-state index in [9.17, 15) is 9.59 Å². The van der Waals surface area contributed by atoms with Crippen LogP contribution in [0.15, 0.2) is 52.9 Å². The second-order valence-electron chi connectivity index (χ2n) is 7.81. The fraction of sp³-hybridized carbons (Fsp3) is 0.333. The summed E-state index contributed by atoms with van der Waals surface area (Å²) in [6.45, 7) is 2.93. The number of hydrogen-bond acceptors (Lipinski definition) is 7. The zero-order chi connectivity index (χ0) is 23.2. The van der Waals surface area contributed by atoms with Crippen molar-refractivity contribution < 1.29 is 23.5 Å². The Balaban J connectivity index is 1.26. The normalized spacial score (nSPS) is 14.1. The van der Waals surface area contributed by atoms with Gasteiger partial charge in [0, 0.05) is 37.2 Å². The van der Waals surface area contributed by atoms with Crippen molar-refractivity contribution in [2.24, 2.45) is 5.92 Å². The van der Waals surface area contributed by atoms with E-state index in [4.69, 9.17) is 13.9 Å². The molecule has 2 heterocycles. The summed E-state index contributed by atoms with van der Waals surface area (Å²) in [6.07, 6.45) is 1.35. The predicted molar refractivity (Wildman–Crippen MR) is 121 cm³/mol. The highest BCUT2D eigenvalue weighted by atomic mass is 16.5. The van der Waals surface area contributed by atoms with Crippen molar-refractivity contribution in [3.63, 3.8) is 0 Å². The Morgan fingerprint density at radius 3 is 2.33 bits per heavy atom. The van der Waals surface area contributed by atoms with Crippen LogP contribution >= 0.6 is 0 Å². The number of amides is 2. The molecule has 4 rings (SSSR count). The maximum atomic E-state index is 12.5. The van der Waals surface area contributed by atoms with Crippen molar-refractivity contribution in [2.45, 2.75) is 26.4 Å². The van der Waals surface area contributed by atoms with Crippen LogP contribution in [-0.2, 0) is 16.2 Å². The lowest BCUT2D eigenvalue weighted by atomic mass is 9.96. The summed E-state index contributed by atoms with van der Waals surface area (Å²) in [6, 6.07) is 14.5. The lowest BCUT2D eigenvalue weighted by Gasteiger charge is -2.30. The zero-order valence-electron chi connectivity index (χ0n) is 18.6. The van der Waals surface area contributed by atoms with Gasteiger partial charge in [0.05, 0.1) is 7.11 Å². The molecule has 1 aliphatic heterocycles. The average Bonchev–Trinajstić information content (AvgIpc) is 3.33. The van der Waals surface area contributed by atoms with Crippen LogP contribution in [0, 0.1) is 5.92 Å². The van der Waals surface area contributed by atoms with Gasteiger partial charge in [0.2, 0.25) is 17.7 Å². The van der Waals surface area contributed by atoms with E-state index in [0.717, 1.165) is 11.3 Å². The number of hydrogen-bond donors (Lipinski definition) is 1. The largest absolute Gasteiger partial charge is 0.497 e. The molecule has 33 heavy (non-hydrogen) atoms. The molecule has 0 unspecified atom stereocenters. The number of benzene rings is 2. The molecule has 1 aromatic heterocycles. The van der Waals surface area contributed by atoms with Gasteiger partial charge in [-0.2, -0.15) is 0 Å². The molecule has 0 bridgehead atoms. The highest BCUT2D eigenvalue weighted by Crippen LogP contribution is 2.23. The number of aromatic nitrogens is 2. The van der Waals surface area contributed by atoms with E-state index >= 15 is 0 Å². The van der Waals surface area contributed by atoms with E-state index in [-0.39, 0.29) is 24.3 Å². The average molecular weight is 450 g/mol. The number of methoxy groups -OCH3 is 1. The molecule has 0 saturated carbocycles. The summed E-state index contributed by atoms with van der Waals surface area (Å²) < 4.78 is 16.5. The number of rotatable bonds is 7. The monoisotopic (exact) mass is 450 g/mol. The molecule has 172 valence electrons. The lowest BCUT2D eigenvalue weighted by Crippen LogP contribution is -2.40. The molecule has 0 atom stereocenters. The topological polar surface area (TPSA) is 107 Å². The number of carbonyl (C=O) groups excluding carboxylic acids is 2. The lowest BCUT2D eigenvalue weighted by molar-refractivity contribution is -0.132. The van der Waals surface area contributed by atoms with Crippen molar-refractivity contribution >= 4 is 17.5 Å². The fourth-order valence-electron chi connectivity index (χ4n) is 3.64. The van der Waals surface area contributed by atoms with Gasteiger partial charge in [0.1, 0.15) is 11.5 Å². The number of ether oxygens (including phenoxy) is 2. The van der Waals surface area contributed by atoms with Crippen molar-refractivity contribution in [3.05, 3.63) is 54.4 Å². The van der Waals surface area contributed by atoms with Crippen molar-refractivity contribution in [1.29, 1.82) is 0 Å².